The van der Waals surface area contributed by atoms with E-state index in [2.05, 4.69) is 5.32 Å². The smallest absolute Gasteiger partial charge is 0.221 e. The number of hydrogen-bond donors (Lipinski definition) is 1. The molecule has 108 valence electrons. The Bertz CT molecular complexity index is 494. The van der Waals surface area contributed by atoms with Gasteiger partial charge in [-0.3, -0.25) is 9.69 Å². The SMILES string of the molecule is CN(C)C(CNC(=O)CCS(C)(=O)=O)c1ccco1. The second-order valence-electron chi connectivity index (χ2n) is 4.68. The van der Waals surface area contributed by atoms with Crippen LogP contribution in [0.2, 0.25) is 0 Å². The van der Waals surface area contributed by atoms with Gasteiger partial charge in [-0.15, -0.1) is 0 Å². The monoisotopic (exact) mass is 288 g/mol. The van der Waals surface area contributed by atoms with Crippen molar-refractivity contribution in [3.63, 3.8) is 0 Å². The van der Waals surface area contributed by atoms with Crippen molar-refractivity contribution in [2.45, 2.75) is 12.5 Å². The number of furan rings is 1. The van der Waals surface area contributed by atoms with Crippen LogP contribution in [0.15, 0.2) is 22.8 Å². The molecule has 0 aliphatic rings. The van der Waals surface area contributed by atoms with Gasteiger partial charge in [0.2, 0.25) is 5.91 Å². The zero-order chi connectivity index (χ0) is 14.5. The van der Waals surface area contributed by atoms with Gasteiger partial charge in [0.25, 0.3) is 0 Å². The van der Waals surface area contributed by atoms with E-state index < -0.39 is 9.84 Å². The van der Waals surface area contributed by atoms with Crippen molar-refractivity contribution in [1.29, 1.82) is 0 Å². The Kier molecular flexibility index (Phi) is 5.56. The first-order valence-electron chi connectivity index (χ1n) is 5.94. The van der Waals surface area contributed by atoms with Crippen LogP contribution in [0, 0.1) is 0 Å². The molecule has 0 bridgehead atoms. The minimum Gasteiger partial charge on any atom is -0.468 e. The molecule has 1 aromatic rings. The highest BCUT2D eigenvalue weighted by Crippen LogP contribution is 2.17. The minimum absolute atomic E-state index is 0.0167. The number of carbonyl (C=O) groups excluding carboxylic acids is 1. The van der Waals surface area contributed by atoms with Crippen LogP contribution in [0.3, 0.4) is 0 Å². The summed E-state index contributed by atoms with van der Waals surface area (Å²) in [5.74, 6) is 0.351. The quantitative estimate of drug-likeness (QED) is 0.787. The van der Waals surface area contributed by atoms with Gasteiger partial charge in [-0.05, 0) is 26.2 Å². The molecule has 0 fully saturated rings. The number of nitrogens with zero attached hydrogens (tertiary/aromatic N) is 1. The number of likely N-dealkylation sites (N-methyl/N-ethyl adjacent to an activating group) is 1. The van der Waals surface area contributed by atoms with E-state index in [-0.39, 0.29) is 24.1 Å². The predicted molar refractivity (Wildman–Crippen MR) is 72.5 cm³/mol. The molecule has 0 radical (unpaired) electrons. The highest BCUT2D eigenvalue weighted by Gasteiger charge is 2.18. The van der Waals surface area contributed by atoms with Gasteiger partial charge in [-0.1, -0.05) is 0 Å². The summed E-state index contributed by atoms with van der Waals surface area (Å²) in [6.07, 6.45) is 2.68. The molecule has 1 unspecified atom stereocenters. The van der Waals surface area contributed by atoms with Crippen molar-refractivity contribution in [2.75, 3.05) is 32.6 Å². The Morgan fingerprint density at radius 3 is 2.63 bits per heavy atom. The molecule has 0 saturated heterocycles. The molecule has 0 aromatic carbocycles. The summed E-state index contributed by atoms with van der Waals surface area (Å²) < 4.78 is 27.2. The van der Waals surface area contributed by atoms with Crippen molar-refractivity contribution >= 4 is 15.7 Å². The van der Waals surface area contributed by atoms with Crippen molar-refractivity contribution in [3.8, 4) is 0 Å². The van der Waals surface area contributed by atoms with Crippen molar-refractivity contribution in [1.82, 2.24) is 10.2 Å². The third-order valence-electron chi connectivity index (χ3n) is 2.69. The fourth-order valence-electron chi connectivity index (χ4n) is 1.60. The molecular weight excluding hydrogens is 268 g/mol. The van der Waals surface area contributed by atoms with Gasteiger partial charge in [0.1, 0.15) is 15.6 Å². The van der Waals surface area contributed by atoms with Crippen LogP contribution >= 0.6 is 0 Å². The van der Waals surface area contributed by atoms with Crippen LogP contribution in [-0.4, -0.2) is 51.9 Å². The normalized spacial score (nSPS) is 13.5. The first-order valence-corrected chi connectivity index (χ1v) is 8.00. The van der Waals surface area contributed by atoms with Gasteiger partial charge in [-0.2, -0.15) is 0 Å². The van der Waals surface area contributed by atoms with Crippen molar-refractivity contribution in [2.24, 2.45) is 0 Å². The first kappa shape index (κ1) is 15.7. The molecule has 1 heterocycles. The molecule has 1 amide bonds. The molecule has 1 rings (SSSR count). The maximum absolute atomic E-state index is 11.6. The van der Waals surface area contributed by atoms with E-state index in [0.29, 0.717) is 6.54 Å². The van der Waals surface area contributed by atoms with Crippen LogP contribution in [-0.2, 0) is 14.6 Å². The molecule has 0 aliphatic heterocycles. The topological polar surface area (TPSA) is 79.6 Å². The summed E-state index contributed by atoms with van der Waals surface area (Å²) in [6, 6.07) is 3.56. The molecule has 19 heavy (non-hydrogen) atoms. The summed E-state index contributed by atoms with van der Waals surface area (Å²) in [7, 11) is 0.662. The average Bonchev–Trinajstić information content (AvgIpc) is 2.78. The molecule has 1 N–H and O–H groups in total. The standard InChI is InChI=1S/C12H20N2O4S/c1-14(2)10(11-5-4-7-18-11)9-13-12(15)6-8-19(3,16)17/h4-5,7,10H,6,8-9H2,1-3H3,(H,13,15). The molecular formula is C12H20N2O4S. The third kappa shape index (κ3) is 5.89. The number of nitrogens with one attached hydrogen (secondary N) is 1. The number of hydrogen-bond acceptors (Lipinski definition) is 5. The van der Waals surface area contributed by atoms with E-state index in [1.165, 1.54) is 0 Å². The van der Waals surface area contributed by atoms with E-state index in [4.69, 9.17) is 4.42 Å². The zero-order valence-electron chi connectivity index (χ0n) is 11.4. The second-order valence-corrected chi connectivity index (χ2v) is 6.94. The maximum atomic E-state index is 11.6. The fourth-order valence-corrected chi connectivity index (χ4v) is 2.15. The molecule has 6 nitrogen and oxygen atoms in total. The lowest BCUT2D eigenvalue weighted by Crippen LogP contribution is -2.35. The Morgan fingerprint density at radius 1 is 1.47 bits per heavy atom. The Labute approximate surface area is 113 Å². The summed E-state index contributed by atoms with van der Waals surface area (Å²) >= 11 is 0. The minimum atomic E-state index is -3.11. The van der Waals surface area contributed by atoms with E-state index in [9.17, 15) is 13.2 Å². The third-order valence-corrected chi connectivity index (χ3v) is 3.63. The maximum Gasteiger partial charge on any atom is 0.221 e. The van der Waals surface area contributed by atoms with Gasteiger partial charge in [0.15, 0.2) is 0 Å². The summed E-state index contributed by atoms with van der Waals surface area (Å²) in [5, 5.41) is 2.72. The Morgan fingerprint density at radius 2 is 2.16 bits per heavy atom. The van der Waals surface area contributed by atoms with Crippen LogP contribution in [0.5, 0.6) is 0 Å². The fraction of sp³-hybridized carbons (Fsp3) is 0.583. The first-order chi connectivity index (χ1) is 8.79. The number of sulfone groups is 1. The van der Waals surface area contributed by atoms with Gasteiger partial charge in [-0.25, -0.2) is 8.42 Å². The highest BCUT2D eigenvalue weighted by atomic mass is 32.2. The second kappa shape index (κ2) is 6.72. The average molecular weight is 288 g/mol. The molecule has 0 aliphatic carbocycles. The van der Waals surface area contributed by atoms with Crippen LogP contribution in [0.25, 0.3) is 0 Å². The molecule has 0 saturated carbocycles. The lowest BCUT2D eigenvalue weighted by Gasteiger charge is -2.22. The predicted octanol–water partition coefficient (Wildman–Crippen LogP) is 0.433. The molecule has 0 spiro atoms. The van der Waals surface area contributed by atoms with E-state index in [1.54, 1.807) is 12.3 Å². The van der Waals surface area contributed by atoms with Gasteiger partial charge < -0.3 is 9.73 Å². The largest absolute Gasteiger partial charge is 0.468 e. The van der Waals surface area contributed by atoms with Gasteiger partial charge in [0.05, 0.1) is 18.1 Å². The van der Waals surface area contributed by atoms with Crippen molar-refractivity contribution < 1.29 is 17.6 Å². The molecule has 1 atom stereocenters. The Hall–Kier alpha value is -1.34. The van der Waals surface area contributed by atoms with Gasteiger partial charge >= 0.3 is 0 Å². The molecule has 1 aromatic heterocycles. The summed E-state index contributed by atoms with van der Waals surface area (Å²) in [4.78, 5) is 13.5. The zero-order valence-corrected chi connectivity index (χ0v) is 12.2. The number of amides is 1. The summed E-state index contributed by atoms with van der Waals surface area (Å²) in [5.41, 5.74) is 0. The number of rotatable bonds is 7. The highest BCUT2D eigenvalue weighted by molar-refractivity contribution is 7.90. The molecule has 7 heteroatoms. The lowest BCUT2D eigenvalue weighted by atomic mass is 10.2. The summed E-state index contributed by atoms with van der Waals surface area (Å²) in [6.45, 7) is 0.378. The van der Waals surface area contributed by atoms with E-state index in [0.717, 1.165) is 12.0 Å². The van der Waals surface area contributed by atoms with Crippen LogP contribution < -0.4 is 5.32 Å². The lowest BCUT2D eigenvalue weighted by molar-refractivity contribution is -0.120. The van der Waals surface area contributed by atoms with Gasteiger partial charge in [0, 0.05) is 19.2 Å². The van der Waals surface area contributed by atoms with Crippen LogP contribution in [0.4, 0.5) is 0 Å². The van der Waals surface area contributed by atoms with E-state index >= 15 is 0 Å². The Balaban J connectivity index is 2.47. The number of carbonyl (C=O) groups is 1. The van der Waals surface area contributed by atoms with Crippen LogP contribution in [0.1, 0.15) is 18.2 Å². The van der Waals surface area contributed by atoms with Crippen molar-refractivity contribution in [3.05, 3.63) is 24.2 Å². The van der Waals surface area contributed by atoms with E-state index in [1.807, 2.05) is 25.1 Å².